The second kappa shape index (κ2) is 6.61. The molecule has 128 valence electrons. The molecule has 0 spiro atoms. The number of likely N-dealkylation sites (tertiary alicyclic amines) is 1. The van der Waals surface area contributed by atoms with Gasteiger partial charge < -0.3 is 10.6 Å². The molecule has 1 aliphatic heterocycles. The van der Waals surface area contributed by atoms with Crippen LogP contribution in [0.3, 0.4) is 0 Å². The summed E-state index contributed by atoms with van der Waals surface area (Å²) in [7, 11) is 0. The highest BCUT2D eigenvalue weighted by Crippen LogP contribution is 2.31. The van der Waals surface area contributed by atoms with Gasteiger partial charge in [0.1, 0.15) is 10.7 Å². The minimum absolute atomic E-state index is 0.0190. The van der Waals surface area contributed by atoms with Crippen molar-refractivity contribution in [3.8, 4) is 0 Å². The van der Waals surface area contributed by atoms with Crippen LogP contribution in [0.1, 0.15) is 39.3 Å². The van der Waals surface area contributed by atoms with E-state index in [-0.39, 0.29) is 17.1 Å². The van der Waals surface area contributed by atoms with Crippen LogP contribution in [0, 0.1) is 18.2 Å². The highest BCUT2D eigenvalue weighted by Gasteiger charge is 2.36. The van der Waals surface area contributed by atoms with E-state index in [1.807, 2.05) is 11.8 Å². The van der Waals surface area contributed by atoms with E-state index in [9.17, 15) is 9.18 Å². The van der Waals surface area contributed by atoms with Crippen LogP contribution in [0.4, 0.5) is 4.39 Å². The fourth-order valence-corrected chi connectivity index (χ4v) is 4.08. The molecule has 0 bridgehead atoms. The Labute approximate surface area is 145 Å². The molecule has 0 saturated carbocycles. The lowest BCUT2D eigenvalue weighted by Crippen LogP contribution is -2.34. The Kier molecular flexibility index (Phi) is 4.69. The Hall–Kier alpha value is -1.79. The molecular weight excluding hydrogens is 325 g/mol. The van der Waals surface area contributed by atoms with Crippen molar-refractivity contribution in [1.82, 2.24) is 9.88 Å². The third kappa shape index (κ3) is 3.49. The lowest BCUT2D eigenvalue weighted by Gasteiger charge is -2.22. The van der Waals surface area contributed by atoms with Crippen molar-refractivity contribution in [3.63, 3.8) is 0 Å². The SMILES string of the molecule is Cc1nc(Cc2ccc(F)cc2)sc1C(=O)N1CCC(C)(CN)C1. The number of thiazole rings is 1. The highest BCUT2D eigenvalue weighted by molar-refractivity contribution is 7.13. The molecule has 2 aromatic rings. The Bertz CT molecular complexity index is 743. The molecule has 1 atom stereocenters. The van der Waals surface area contributed by atoms with Gasteiger partial charge in [0.15, 0.2) is 0 Å². The van der Waals surface area contributed by atoms with Gasteiger partial charge in [0.2, 0.25) is 0 Å². The van der Waals surface area contributed by atoms with Crippen molar-refractivity contribution in [1.29, 1.82) is 0 Å². The van der Waals surface area contributed by atoms with Crippen molar-refractivity contribution in [2.75, 3.05) is 19.6 Å². The molecular formula is C18H22FN3OS. The van der Waals surface area contributed by atoms with Crippen molar-refractivity contribution in [2.45, 2.75) is 26.7 Å². The van der Waals surface area contributed by atoms with Gasteiger partial charge in [-0.2, -0.15) is 0 Å². The highest BCUT2D eigenvalue weighted by atomic mass is 32.1. The standard InChI is InChI=1S/C18H22FN3OS/c1-12-16(17(23)22-8-7-18(2,10-20)11-22)24-15(21-12)9-13-3-5-14(19)6-4-13/h3-6H,7-11,20H2,1-2H3. The molecule has 0 aliphatic carbocycles. The molecule has 3 rings (SSSR count). The van der Waals surface area contributed by atoms with E-state index in [1.165, 1.54) is 23.5 Å². The summed E-state index contributed by atoms with van der Waals surface area (Å²) in [6.45, 7) is 6.04. The van der Waals surface area contributed by atoms with E-state index in [0.29, 0.717) is 24.4 Å². The van der Waals surface area contributed by atoms with Gasteiger partial charge in [-0.25, -0.2) is 9.37 Å². The minimum atomic E-state index is -0.248. The van der Waals surface area contributed by atoms with Crippen LogP contribution < -0.4 is 5.73 Å². The largest absolute Gasteiger partial charge is 0.337 e. The number of hydrogen-bond donors (Lipinski definition) is 1. The van der Waals surface area contributed by atoms with Gasteiger partial charge in [0, 0.05) is 19.5 Å². The number of nitrogens with zero attached hydrogens (tertiary/aromatic N) is 2. The molecule has 1 saturated heterocycles. The normalized spacial score (nSPS) is 20.6. The minimum Gasteiger partial charge on any atom is -0.337 e. The van der Waals surface area contributed by atoms with Gasteiger partial charge in [-0.05, 0) is 43.0 Å². The second-order valence-corrected chi connectivity index (χ2v) is 7.90. The summed E-state index contributed by atoms with van der Waals surface area (Å²) in [5, 5.41) is 0.878. The fourth-order valence-electron chi connectivity index (χ4n) is 3.01. The molecule has 1 unspecified atom stereocenters. The van der Waals surface area contributed by atoms with Crippen LogP contribution in [-0.4, -0.2) is 35.4 Å². The molecule has 1 aromatic heterocycles. The molecule has 0 radical (unpaired) electrons. The van der Waals surface area contributed by atoms with Gasteiger partial charge in [-0.1, -0.05) is 19.1 Å². The number of benzene rings is 1. The van der Waals surface area contributed by atoms with E-state index in [1.54, 1.807) is 12.1 Å². The van der Waals surface area contributed by atoms with Crippen LogP contribution >= 0.6 is 11.3 Å². The maximum atomic E-state index is 13.0. The Morgan fingerprint density at radius 1 is 1.42 bits per heavy atom. The maximum absolute atomic E-state index is 13.0. The first-order chi connectivity index (χ1) is 11.4. The number of amides is 1. The van der Waals surface area contributed by atoms with Crippen LogP contribution in [0.2, 0.25) is 0 Å². The Morgan fingerprint density at radius 3 is 2.75 bits per heavy atom. The van der Waals surface area contributed by atoms with Crippen LogP contribution in [0.15, 0.2) is 24.3 Å². The number of halogens is 1. The Morgan fingerprint density at radius 2 is 2.12 bits per heavy atom. The molecule has 4 nitrogen and oxygen atoms in total. The summed E-state index contributed by atoms with van der Waals surface area (Å²) in [5.41, 5.74) is 7.60. The van der Waals surface area contributed by atoms with Gasteiger partial charge in [-0.15, -0.1) is 11.3 Å². The molecule has 2 heterocycles. The van der Waals surface area contributed by atoms with Crippen LogP contribution in [-0.2, 0) is 6.42 Å². The van der Waals surface area contributed by atoms with Crippen molar-refractivity contribution >= 4 is 17.2 Å². The van der Waals surface area contributed by atoms with Crippen LogP contribution in [0.5, 0.6) is 0 Å². The fraction of sp³-hybridized carbons (Fsp3) is 0.444. The van der Waals surface area contributed by atoms with E-state index in [4.69, 9.17) is 5.73 Å². The molecule has 1 amide bonds. The number of carbonyl (C=O) groups excluding carboxylic acids is 1. The van der Waals surface area contributed by atoms with E-state index in [0.717, 1.165) is 29.2 Å². The Balaban J connectivity index is 1.74. The number of hydrogen-bond acceptors (Lipinski definition) is 4. The quantitative estimate of drug-likeness (QED) is 0.925. The molecule has 6 heteroatoms. The average molecular weight is 347 g/mol. The zero-order valence-electron chi connectivity index (χ0n) is 14.0. The summed E-state index contributed by atoms with van der Waals surface area (Å²) in [6, 6.07) is 6.39. The lowest BCUT2D eigenvalue weighted by molar-refractivity contribution is 0.0780. The predicted molar refractivity (Wildman–Crippen MR) is 93.7 cm³/mol. The van der Waals surface area contributed by atoms with Gasteiger partial charge in [0.25, 0.3) is 5.91 Å². The number of aryl methyl sites for hydroxylation is 1. The summed E-state index contributed by atoms with van der Waals surface area (Å²) >= 11 is 1.43. The zero-order chi connectivity index (χ0) is 17.3. The lowest BCUT2D eigenvalue weighted by atomic mass is 9.90. The number of nitrogens with two attached hydrogens (primary N) is 1. The number of aromatic nitrogens is 1. The van der Waals surface area contributed by atoms with E-state index >= 15 is 0 Å². The summed E-state index contributed by atoms with van der Waals surface area (Å²) in [5.74, 6) is -0.200. The monoisotopic (exact) mass is 347 g/mol. The zero-order valence-corrected chi connectivity index (χ0v) is 14.8. The van der Waals surface area contributed by atoms with Crippen molar-refractivity contribution < 1.29 is 9.18 Å². The van der Waals surface area contributed by atoms with Crippen LogP contribution in [0.25, 0.3) is 0 Å². The molecule has 1 fully saturated rings. The van der Waals surface area contributed by atoms with Gasteiger partial charge in [-0.3, -0.25) is 4.79 Å². The van der Waals surface area contributed by atoms with Crippen molar-refractivity contribution in [3.05, 3.63) is 51.2 Å². The smallest absolute Gasteiger partial charge is 0.265 e. The van der Waals surface area contributed by atoms with Crippen molar-refractivity contribution in [2.24, 2.45) is 11.1 Å². The van der Waals surface area contributed by atoms with E-state index < -0.39 is 0 Å². The molecule has 2 N–H and O–H groups in total. The third-order valence-electron chi connectivity index (χ3n) is 4.64. The predicted octanol–water partition coefficient (Wildman–Crippen LogP) is 2.99. The summed E-state index contributed by atoms with van der Waals surface area (Å²) < 4.78 is 13.0. The summed E-state index contributed by atoms with van der Waals surface area (Å²) in [6.07, 6.45) is 1.55. The third-order valence-corrected chi connectivity index (χ3v) is 5.79. The number of carbonyl (C=O) groups is 1. The van der Waals surface area contributed by atoms with E-state index in [2.05, 4.69) is 11.9 Å². The first-order valence-corrected chi connectivity index (χ1v) is 8.92. The second-order valence-electron chi connectivity index (χ2n) is 6.82. The average Bonchev–Trinajstić information content (AvgIpc) is 3.13. The number of rotatable bonds is 4. The molecule has 1 aromatic carbocycles. The topological polar surface area (TPSA) is 59.2 Å². The molecule has 1 aliphatic rings. The summed E-state index contributed by atoms with van der Waals surface area (Å²) in [4.78, 5) is 19.9. The van der Waals surface area contributed by atoms with Gasteiger partial charge >= 0.3 is 0 Å². The van der Waals surface area contributed by atoms with Gasteiger partial charge in [0.05, 0.1) is 10.7 Å². The first kappa shape index (κ1) is 17.0. The first-order valence-electron chi connectivity index (χ1n) is 8.10. The molecule has 24 heavy (non-hydrogen) atoms. The maximum Gasteiger partial charge on any atom is 0.265 e.